The monoisotopic (exact) mass is 301 g/mol. The first-order valence-corrected chi connectivity index (χ1v) is 6.37. The summed E-state index contributed by atoms with van der Waals surface area (Å²) in [5, 5.41) is 5.06. The Balaban J connectivity index is 2.11. The van der Waals surface area contributed by atoms with Crippen LogP contribution in [0.3, 0.4) is 0 Å². The van der Waals surface area contributed by atoms with Gasteiger partial charge in [-0.2, -0.15) is 13.2 Å². The first kappa shape index (κ1) is 15.3. The van der Waals surface area contributed by atoms with Gasteiger partial charge in [0.25, 0.3) is 0 Å². The molecule has 0 unspecified atom stereocenters. The highest BCUT2D eigenvalue weighted by molar-refractivity contribution is 6.39. The van der Waals surface area contributed by atoms with E-state index in [1.165, 1.54) is 17.0 Å². The van der Waals surface area contributed by atoms with Crippen LogP contribution in [0.25, 0.3) is 0 Å². The molecule has 2 rings (SSSR count). The van der Waals surface area contributed by atoms with Crippen LogP contribution in [0.4, 0.5) is 18.9 Å². The van der Waals surface area contributed by atoms with E-state index >= 15 is 0 Å². The molecule has 0 aromatic heterocycles. The second-order valence-corrected chi connectivity index (χ2v) is 4.54. The van der Waals surface area contributed by atoms with Gasteiger partial charge in [-0.1, -0.05) is 12.1 Å². The van der Waals surface area contributed by atoms with Crippen molar-refractivity contribution in [3.8, 4) is 0 Å². The highest BCUT2D eigenvalue weighted by Gasteiger charge is 2.34. The molecular formula is C13H14F3N3O2. The number of alkyl halides is 3. The Hall–Kier alpha value is -2.09. The van der Waals surface area contributed by atoms with Gasteiger partial charge < -0.3 is 15.5 Å². The highest BCUT2D eigenvalue weighted by Crippen LogP contribution is 2.34. The van der Waals surface area contributed by atoms with Gasteiger partial charge in [-0.3, -0.25) is 9.59 Å². The summed E-state index contributed by atoms with van der Waals surface area (Å²) in [5.41, 5.74) is -1.40. The Kier molecular flexibility index (Phi) is 4.46. The minimum absolute atomic E-state index is 0.354. The fourth-order valence-electron chi connectivity index (χ4n) is 2.03. The standard InChI is InChI=1S/C13H14F3N3O2/c14-13(15,16)9-3-1-2-4-10(9)18-11(20)12(21)19-7-5-17-6-8-19/h1-4,17H,5-8H2,(H,18,20). The molecule has 1 aromatic carbocycles. The number of benzene rings is 1. The number of nitrogens with one attached hydrogen (secondary N) is 2. The smallest absolute Gasteiger partial charge is 0.332 e. The molecule has 2 amide bonds. The average molecular weight is 301 g/mol. The first-order valence-electron chi connectivity index (χ1n) is 6.37. The van der Waals surface area contributed by atoms with Gasteiger partial charge in [0.15, 0.2) is 0 Å². The van der Waals surface area contributed by atoms with Gasteiger partial charge in [0.05, 0.1) is 11.3 Å². The second-order valence-electron chi connectivity index (χ2n) is 4.54. The number of hydrogen-bond donors (Lipinski definition) is 2. The zero-order chi connectivity index (χ0) is 15.5. The van der Waals surface area contributed by atoms with Crippen LogP contribution in [0, 0.1) is 0 Å². The van der Waals surface area contributed by atoms with Gasteiger partial charge in [0.1, 0.15) is 0 Å². The maximum atomic E-state index is 12.8. The van der Waals surface area contributed by atoms with Crippen LogP contribution in [0.5, 0.6) is 0 Å². The van der Waals surface area contributed by atoms with E-state index in [4.69, 9.17) is 0 Å². The number of carbonyl (C=O) groups is 2. The third-order valence-corrected chi connectivity index (χ3v) is 3.08. The fraction of sp³-hybridized carbons (Fsp3) is 0.385. The van der Waals surface area contributed by atoms with E-state index in [1.807, 2.05) is 5.32 Å². The Labute approximate surface area is 119 Å². The number of para-hydroxylation sites is 1. The van der Waals surface area contributed by atoms with Crippen molar-refractivity contribution < 1.29 is 22.8 Å². The third-order valence-electron chi connectivity index (χ3n) is 3.08. The molecule has 114 valence electrons. The zero-order valence-electron chi connectivity index (χ0n) is 11.0. The number of piperazine rings is 1. The molecule has 1 aliphatic heterocycles. The van der Waals surface area contributed by atoms with Crippen LogP contribution in [-0.4, -0.2) is 42.9 Å². The number of nitrogens with zero attached hydrogens (tertiary/aromatic N) is 1. The quantitative estimate of drug-likeness (QED) is 0.763. The van der Waals surface area contributed by atoms with E-state index in [9.17, 15) is 22.8 Å². The maximum Gasteiger partial charge on any atom is 0.418 e. The molecule has 0 atom stereocenters. The molecule has 0 bridgehead atoms. The summed E-state index contributed by atoms with van der Waals surface area (Å²) in [6.45, 7) is 1.82. The lowest BCUT2D eigenvalue weighted by Crippen LogP contribution is -2.50. The lowest BCUT2D eigenvalue weighted by atomic mass is 10.1. The lowest BCUT2D eigenvalue weighted by Gasteiger charge is -2.26. The predicted octanol–water partition coefficient (Wildman–Crippen LogP) is 1.08. The molecule has 5 nitrogen and oxygen atoms in total. The molecule has 0 spiro atoms. The molecule has 1 heterocycles. The number of rotatable bonds is 1. The third kappa shape index (κ3) is 3.72. The van der Waals surface area contributed by atoms with E-state index in [2.05, 4.69) is 5.32 Å². The van der Waals surface area contributed by atoms with Crippen molar-refractivity contribution in [1.82, 2.24) is 10.2 Å². The largest absolute Gasteiger partial charge is 0.418 e. The lowest BCUT2D eigenvalue weighted by molar-refractivity contribution is -0.143. The molecule has 0 saturated carbocycles. The van der Waals surface area contributed by atoms with E-state index in [0.29, 0.717) is 26.2 Å². The summed E-state index contributed by atoms with van der Waals surface area (Å²) in [4.78, 5) is 25.0. The summed E-state index contributed by atoms with van der Waals surface area (Å²) >= 11 is 0. The molecule has 0 radical (unpaired) electrons. The molecule has 1 fully saturated rings. The van der Waals surface area contributed by atoms with Crippen molar-refractivity contribution in [2.75, 3.05) is 31.5 Å². The van der Waals surface area contributed by atoms with Gasteiger partial charge in [0.2, 0.25) is 0 Å². The topological polar surface area (TPSA) is 61.4 Å². The van der Waals surface area contributed by atoms with Gasteiger partial charge >= 0.3 is 18.0 Å². The normalized spacial score (nSPS) is 15.7. The SMILES string of the molecule is O=C(Nc1ccccc1C(F)(F)F)C(=O)N1CCNCC1. The molecule has 1 aliphatic rings. The number of carbonyl (C=O) groups excluding carboxylic acids is 2. The van der Waals surface area contributed by atoms with E-state index in [1.54, 1.807) is 0 Å². The summed E-state index contributed by atoms with van der Waals surface area (Å²) in [5.74, 6) is -1.89. The van der Waals surface area contributed by atoms with Crippen LogP contribution in [0.2, 0.25) is 0 Å². The van der Waals surface area contributed by atoms with E-state index in [0.717, 1.165) is 12.1 Å². The van der Waals surface area contributed by atoms with Crippen molar-refractivity contribution in [3.63, 3.8) is 0 Å². The zero-order valence-corrected chi connectivity index (χ0v) is 11.0. The second kappa shape index (κ2) is 6.13. The van der Waals surface area contributed by atoms with Crippen LogP contribution in [0.15, 0.2) is 24.3 Å². The van der Waals surface area contributed by atoms with E-state index < -0.39 is 29.2 Å². The fourth-order valence-corrected chi connectivity index (χ4v) is 2.03. The Bertz CT molecular complexity index is 540. The van der Waals surface area contributed by atoms with E-state index in [-0.39, 0.29) is 0 Å². The number of hydrogen-bond acceptors (Lipinski definition) is 3. The minimum atomic E-state index is -4.60. The van der Waals surface area contributed by atoms with Gasteiger partial charge in [-0.25, -0.2) is 0 Å². The van der Waals surface area contributed by atoms with Crippen LogP contribution in [0.1, 0.15) is 5.56 Å². The minimum Gasteiger partial charge on any atom is -0.332 e. The molecule has 8 heteroatoms. The predicted molar refractivity (Wildman–Crippen MR) is 69.5 cm³/mol. The van der Waals surface area contributed by atoms with Gasteiger partial charge in [0, 0.05) is 26.2 Å². The number of anilines is 1. The molecular weight excluding hydrogens is 287 g/mol. The van der Waals surface area contributed by atoms with Crippen LogP contribution >= 0.6 is 0 Å². The molecule has 1 saturated heterocycles. The Morgan fingerprint density at radius 1 is 1.14 bits per heavy atom. The van der Waals surface area contributed by atoms with Crippen molar-refractivity contribution in [2.24, 2.45) is 0 Å². The first-order chi connectivity index (χ1) is 9.89. The van der Waals surface area contributed by atoms with Gasteiger partial charge in [-0.05, 0) is 12.1 Å². The van der Waals surface area contributed by atoms with Crippen molar-refractivity contribution in [1.29, 1.82) is 0 Å². The Morgan fingerprint density at radius 2 is 1.76 bits per heavy atom. The highest BCUT2D eigenvalue weighted by atomic mass is 19.4. The molecule has 21 heavy (non-hydrogen) atoms. The summed E-state index contributed by atoms with van der Waals surface area (Å²) < 4.78 is 38.4. The Morgan fingerprint density at radius 3 is 2.38 bits per heavy atom. The van der Waals surface area contributed by atoms with Crippen molar-refractivity contribution in [2.45, 2.75) is 6.18 Å². The average Bonchev–Trinajstić information content (AvgIpc) is 2.47. The van der Waals surface area contributed by atoms with Gasteiger partial charge in [-0.15, -0.1) is 0 Å². The van der Waals surface area contributed by atoms with Crippen LogP contribution < -0.4 is 10.6 Å². The summed E-state index contributed by atoms with van der Waals surface area (Å²) in [6, 6.07) is 4.55. The van der Waals surface area contributed by atoms with Crippen molar-refractivity contribution in [3.05, 3.63) is 29.8 Å². The number of amides is 2. The molecule has 2 N–H and O–H groups in total. The summed E-state index contributed by atoms with van der Waals surface area (Å²) in [7, 11) is 0. The molecule has 0 aliphatic carbocycles. The maximum absolute atomic E-state index is 12.8. The number of halogens is 3. The summed E-state index contributed by atoms with van der Waals surface area (Å²) in [6.07, 6.45) is -4.60. The molecule has 1 aromatic rings. The van der Waals surface area contributed by atoms with Crippen molar-refractivity contribution >= 4 is 17.5 Å². The van der Waals surface area contributed by atoms with Crippen LogP contribution in [-0.2, 0) is 15.8 Å².